The fraction of sp³-hybridized carbons (Fsp3) is 0.733. The van der Waals surface area contributed by atoms with E-state index >= 15 is 0 Å². The number of nitro groups is 1. The maximum Gasteiger partial charge on any atom is 0.372 e. The highest BCUT2D eigenvalue weighted by molar-refractivity contribution is 5.62. The normalized spacial score (nSPS) is 20.5. The SMILES string of the molecule is COc1ncnc(N2CCN(C3CCCCC3)CC2)c1[N+](=O)[O-]. The minimum atomic E-state index is -0.457. The molecule has 0 atom stereocenters. The number of methoxy groups -OCH3 is 1. The van der Waals surface area contributed by atoms with E-state index in [1.54, 1.807) is 0 Å². The van der Waals surface area contributed by atoms with E-state index in [0.717, 1.165) is 26.2 Å². The van der Waals surface area contributed by atoms with Crippen molar-refractivity contribution in [3.8, 4) is 5.88 Å². The van der Waals surface area contributed by atoms with E-state index in [-0.39, 0.29) is 11.6 Å². The molecule has 23 heavy (non-hydrogen) atoms. The van der Waals surface area contributed by atoms with Crippen molar-refractivity contribution in [2.75, 3.05) is 38.2 Å². The highest BCUT2D eigenvalue weighted by Crippen LogP contribution is 2.34. The van der Waals surface area contributed by atoms with Gasteiger partial charge in [-0.3, -0.25) is 15.0 Å². The number of ether oxygens (including phenoxy) is 1. The number of rotatable bonds is 4. The van der Waals surface area contributed by atoms with Gasteiger partial charge in [0.25, 0.3) is 5.88 Å². The average Bonchev–Trinajstić information content (AvgIpc) is 2.61. The summed E-state index contributed by atoms with van der Waals surface area (Å²) in [4.78, 5) is 23.4. The molecule has 0 amide bonds. The lowest BCUT2D eigenvalue weighted by Crippen LogP contribution is -2.51. The van der Waals surface area contributed by atoms with Crippen LogP contribution in [0.1, 0.15) is 32.1 Å². The van der Waals surface area contributed by atoms with E-state index in [0.29, 0.717) is 11.9 Å². The van der Waals surface area contributed by atoms with E-state index in [1.807, 2.05) is 4.90 Å². The third-order valence-corrected chi connectivity index (χ3v) is 4.85. The third kappa shape index (κ3) is 3.36. The Morgan fingerprint density at radius 2 is 1.87 bits per heavy atom. The molecule has 0 radical (unpaired) electrons. The fourth-order valence-electron chi connectivity index (χ4n) is 3.64. The van der Waals surface area contributed by atoms with Crippen molar-refractivity contribution in [3.63, 3.8) is 0 Å². The number of anilines is 1. The van der Waals surface area contributed by atoms with Crippen LogP contribution in [0.25, 0.3) is 0 Å². The van der Waals surface area contributed by atoms with Gasteiger partial charge in [0.1, 0.15) is 6.33 Å². The Hall–Kier alpha value is -1.96. The van der Waals surface area contributed by atoms with Gasteiger partial charge in [0, 0.05) is 32.2 Å². The van der Waals surface area contributed by atoms with E-state index in [4.69, 9.17) is 4.74 Å². The first kappa shape index (κ1) is 15.9. The molecule has 0 bridgehead atoms. The van der Waals surface area contributed by atoms with Gasteiger partial charge in [-0.05, 0) is 12.8 Å². The van der Waals surface area contributed by atoms with Crippen molar-refractivity contribution in [1.82, 2.24) is 14.9 Å². The first-order valence-electron chi connectivity index (χ1n) is 8.23. The average molecular weight is 321 g/mol. The van der Waals surface area contributed by atoms with Crippen LogP contribution >= 0.6 is 0 Å². The second-order valence-corrected chi connectivity index (χ2v) is 6.13. The quantitative estimate of drug-likeness (QED) is 0.618. The number of nitrogens with zero attached hydrogens (tertiary/aromatic N) is 5. The van der Waals surface area contributed by atoms with Crippen molar-refractivity contribution < 1.29 is 9.66 Å². The number of hydrogen-bond acceptors (Lipinski definition) is 7. The van der Waals surface area contributed by atoms with Gasteiger partial charge in [0.15, 0.2) is 0 Å². The van der Waals surface area contributed by atoms with Crippen molar-refractivity contribution in [1.29, 1.82) is 0 Å². The summed E-state index contributed by atoms with van der Waals surface area (Å²) in [6.07, 6.45) is 7.87. The van der Waals surface area contributed by atoms with Crippen molar-refractivity contribution in [2.24, 2.45) is 0 Å². The highest BCUT2D eigenvalue weighted by Gasteiger charge is 2.31. The Bertz CT molecular complexity index is 554. The summed E-state index contributed by atoms with van der Waals surface area (Å²) in [5.41, 5.74) is -0.138. The molecule has 8 heteroatoms. The minimum absolute atomic E-state index is 0.0229. The molecular formula is C15H23N5O3. The van der Waals surface area contributed by atoms with Crippen LogP contribution in [0.2, 0.25) is 0 Å². The van der Waals surface area contributed by atoms with Gasteiger partial charge >= 0.3 is 5.69 Å². The second kappa shape index (κ2) is 7.08. The summed E-state index contributed by atoms with van der Waals surface area (Å²) in [5.74, 6) is 0.389. The topological polar surface area (TPSA) is 84.6 Å². The molecule has 2 heterocycles. The molecule has 0 N–H and O–H groups in total. The molecule has 0 unspecified atom stereocenters. The van der Waals surface area contributed by atoms with Gasteiger partial charge in [-0.25, -0.2) is 4.98 Å². The van der Waals surface area contributed by atoms with E-state index < -0.39 is 4.92 Å². The molecule has 2 fully saturated rings. The second-order valence-electron chi connectivity index (χ2n) is 6.13. The van der Waals surface area contributed by atoms with Gasteiger partial charge in [0.2, 0.25) is 5.82 Å². The Morgan fingerprint density at radius 1 is 1.17 bits per heavy atom. The summed E-state index contributed by atoms with van der Waals surface area (Å²) < 4.78 is 5.02. The molecule has 3 rings (SSSR count). The smallest absolute Gasteiger partial charge is 0.372 e. The maximum atomic E-state index is 11.4. The Balaban J connectivity index is 1.71. The lowest BCUT2D eigenvalue weighted by Gasteiger charge is -2.40. The number of hydrogen-bond donors (Lipinski definition) is 0. The van der Waals surface area contributed by atoms with E-state index in [1.165, 1.54) is 45.5 Å². The zero-order valence-corrected chi connectivity index (χ0v) is 13.5. The Morgan fingerprint density at radius 3 is 2.48 bits per heavy atom. The van der Waals surface area contributed by atoms with Crippen LogP contribution in [-0.2, 0) is 0 Å². The summed E-state index contributed by atoms with van der Waals surface area (Å²) in [7, 11) is 1.39. The van der Waals surface area contributed by atoms with Crippen molar-refractivity contribution in [3.05, 3.63) is 16.4 Å². The summed E-state index contributed by atoms with van der Waals surface area (Å²) in [6.45, 7) is 3.34. The molecule has 2 aliphatic rings. The molecule has 1 saturated carbocycles. The third-order valence-electron chi connectivity index (χ3n) is 4.85. The molecule has 8 nitrogen and oxygen atoms in total. The molecule has 126 valence electrons. The van der Waals surface area contributed by atoms with Crippen LogP contribution in [0.3, 0.4) is 0 Å². The summed E-state index contributed by atoms with van der Waals surface area (Å²) in [6, 6.07) is 0.681. The van der Waals surface area contributed by atoms with Gasteiger partial charge in [0.05, 0.1) is 12.0 Å². The molecule has 0 aromatic carbocycles. The predicted molar refractivity (Wildman–Crippen MR) is 85.9 cm³/mol. The molecule has 1 saturated heterocycles. The zero-order chi connectivity index (χ0) is 16.2. The minimum Gasteiger partial charge on any atom is -0.476 e. The Labute approximate surface area is 135 Å². The van der Waals surface area contributed by atoms with E-state index in [2.05, 4.69) is 14.9 Å². The van der Waals surface area contributed by atoms with Crippen molar-refractivity contribution >= 4 is 11.5 Å². The highest BCUT2D eigenvalue weighted by atomic mass is 16.6. The fourth-order valence-corrected chi connectivity index (χ4v) is 3.64. The standard InChI is InChI=1S/C15H23N5O3/c1-23-15-13(20(21)22)14(16-11-17-15)19-9-7-18(8-10-19)12-5-3-2-4-6-12/h11-12H,2-10H2,1H3. The van der Waals surface area contributed by atoms with Crippen LogP contribution < -0.4 is 9.64 Å². The van der Waals surface area contributed by atoms with Crippen LogP contribution in [-0.4, -0.2) is 59.1 Å². The molecular weight excluding hydrogens is 298 g/mol. The lowest BCUT2D eigenvalue weighted by atomic mass is 9.94. The Kier molecular flexibility index (Phi) is 4.90. The lowest BCUT2D eigenvalue weighted by molar-refractivity contribution is -0.385. The van der Waals surface area contributed by atoms with Crippen LogP contribution in [0.5, 0.6) is 5.88 Å². The molecule has 0 spiro atoms. The van der Waals surface area contributed by atoms with E-state index in [9.17, 15) is 10.1 Å². The predicted octanol–water partition coefficient (Wildman–Crippen LogP) is 1.85. The van der Waals surface area contributed by atoms with Crippen LogP contribution in [0, 0.1) is 10.1 Å². The summed E-state index contributed by atoms with van der Waals surface area (Å²) in [5, 5.41) is 11.4. The monoisotopic (exact) mass is 321 g/mol. The van der Waals surface area contributed by atoms with Gasteiger partial charge in [-0.2, -0.15) is 4.98 Å². The van der Waals surface area contributed by atoms with Gasteiger partial charge < -0.3 is 9.64 Å². The first-order chi connectivity index (χ1) is 11.2. The first-order valence-corrected chi connectivity index (χ1v) is 8.23. The van der Waals surface area contributed by atoms with Crippen LogP contribution in [0.15, 0.2) is 6.33 Å². The number of aromatic nitrogens is 2. The van der Waals surface area contributed by atoms with Gasteiger partial charge in [-0.15, -0.1) is 0 Å². The van der Waals surface area contributed by atoms with Crippen LogP contribution in [0.4, 0.5) is 11.5 Å². The molecule has 1 aromatic rings. The molecule has 1 aliphatic heterocycles. The molecule has 1 aliphatic carbocycles. The maximum absolute atomic E-state index is 11.4. The van der Waals surface area contributed by atoms with Gasteiger partial charge in [-0.1, -0.05) is 19.3 Å². The zero-order valence-electron chi connectivity index (χ0n) is 13.5. The number of piperazine rings is 1. The summed E-state index contributed by atoms with van der Waals surface area (Å²) >= 11 is 0. The largest absolute Gasteiger partial charge is 0.476 e. The molecule has 1 aromatic heterocycles. The van der Waals surface area contributed by atoms with Crippen molar-refractivity contribution in [2.45, 2.75) is 38.1 Å².